The van der Waals surface area contributed by atoms with Gasteiger partial charge in [0.1, 0.15) is 0 Å². The van der Waals surface area contributed by atoms with E-state index in [0.29, 0.717) is 32.1 Å². The van der Waals surface area contributed by atoms with Gasteiger partial charge in [-0.05, 0) is 37.4 Å². The van der Waals surface area contributed by atoms with Gasteiger partial charge < -0.3 is 10.6 Å². The Kier molecular flexibility index (Phi) is 9.50. The lowest BCUT2D eigenvalue weighted by Crippen LogP contribution is -2.40. The number of nitrogens with one attached hydrogen (secondary N) is 2. The second-order valence-electron chi connectivity index (χ2n) is 6.03. The van der Waals surface area contributed by atoms with Crippen LogP contribution in [0.1, 0.15) is 23.1 Å². The second kappa shape index (κ2) is 10.6. The molecule has 2 rings (SSSR count). The Bertz CT molecular complexity index is 548. The van der Waals surface area contributed by atoms with Crippen LogP contribution in [0.4, 0.5) is 13.2 Å². The van der Waals surface area contributed by atoms with E-state index in [1.165, 1.54) is 14.7 Å². The van der Waals surface area contributed by atoms with E-state index >= 15 is 0 Å². The van der Waals surface area contributed by atoms with Crippen molar-refractivity contribution >= 4 is 41.3 Å². The first-order chi connectivity index (χ1) is 11.4. The Morgan fingerprint density at radius 2 is 2.04 bits per heavy atom. The number of aliphatic imine (C=N–C) groups is 1. The first-order valence-corrected chi connectivity index (χ1v) is 9.02. The SMILES string of the molecule is CCc1ccc(CNC(=NC)NCC2CCN(CC(F)(F)F)C2)s1.I. The Morgan fingerprint density at radius 3 is 2.64 bits per heavy atom. The number of halogens is 4. The number of rotatable bonds is 6. The molecule has 9 heteroatoms. The van der Waals surface area contributed by atoms with Crippen molar-refractivity contribution in [2.45, 2.75) is 32.5 Å². The summed E-state index contributed by atoms with van der Waals surface area (Å²) in [6, 6.07) is 4.24. The maximum absolute atomic E-state index is 12.4. The monoisotopic (exact) mass is 490 g/mol. The van der Waals surface area contributed by atoms with Crippen molar-refractivity contribution in [2.75, 3.05) is 33.2 Å². The Hall–Kier alpha value is -0.550. The number of thiophene rings is 1. The van der Waals surface area contributed by atoms with Gasteiger partial charge in [-0.15, -0.1) is 35.3 Å². The molecule has 0 radical (unpaired) electrons. The van der Waals surface area contributed by atoms with Gasteiger partial charge in [0.15, 0.2) is 5.96 Å². The summed E-state index contributed by atoms with van der Waals surface area (Å²) < 4.78 is 37.2. The number of guanidine groups is 1. The highest BCUT2D eigenvalue weighted by Crippen LogP contribution is 2.22. The minimum Gasteiger partial charge on any atom is -0.356 e. The van der Waals surface area contributed by atoms with Gasteiger partial charge in [0.05, 0.1) is 13.1 Å². The lowest BCUT2D eigenvalue weighted by Gasteiger charge is -2.18. The van der Waals surface area contributed by atoms with E-state index in [1.54, 1.807) is 18.4 Å². The van der Waals surface area contributed by atoms with Crippen LogP contribution in [0.2, 0.25) is 0 Å². The van der Waals surface area contributed by atoms with Crippen molar-refractivity contribution in [3.05, 3.63) is 21.9 Å². The minimum absolute atomic E-state index is 0. The summed E-state index contributed by atoms with van der Waals surface area (Å²) in [5, 5.41) is 6.47. The molecule has 1 aliphatic heterocycles. The molecule has 144 valence electrons. The summed E-state index contributed by atoms with van der Waals surface area (Å²) in [5.74, 6) is 0.912. The molecule has 1 unspecified atom stereocenters. The molecule has 4 nitrogen and oxygen atoms in total. The molecule has 0 spiro atoms. The molecule has 0 saturated carbocycles. The third-order valence-corrected chi connectivity index (χ3v) is 5.28. The van der Waals surface area contributed by atoms with Crippen molar-refractivity contribution in [2.24, 2.45) is 10.9 Å². The predicted octanol–water partition coefficient (Wildman–Crippen LogP) is 3.48. The van der Waals surface area contributed by atoms with Gasteiger partial charge in [0.25, 0.3) is 0 Å². The number of hydrogen-bond donors (Lipinski definition) is 2. The normalized spacial score (nSPS) is 18.9. The van der Waals surface area contributed by atoms with Gasteiger partial charge in [0.2, 0.25) is 0 Å². The molecule has 0 amide bonds. The number of alkyl halides is 3. The lowest BCUT2D eigenvalue weighted by atomic mass is 10.1. The van der Waals surface area contributed by atoms with Crippen LogP contribution in [0.5, 0.6) is 0 Å². The van der Waals surface area contributed by atoms with Gasteiger partial charge >= 0.3 is 6.18 Å². The van der Waals surface area contributed by atoms with Crippen LogP contribution in [0.15, 0.2) is 17.1 Å². The Labute approximate surface area is 168 Å². The van der Waals surface area contributed by atoms with Gasteiger partial charge in [-0.1, -0.05) is 6.92 Å². The van der Waals surface area contributed by atoms with Crippen molar-refractivity contribution in [1.82, 2.24) is 15.5 Å². The van der Waals surface area contributed by atoms with Gasteiger partial charge in [-0.25, -0.2) is 0 Å². The average molecular weight is 490 g/mol. The van der Waals surface area contributed by atoms with E-state index < -0.39 is 12.7 Å². The molecule has 1 fully saturated rings. The number of hydrogen-bond acceptors (Lipinski definition) is 3. The van der Waals surface area contributed by atoms with E-state index in [0.717, 1.165) is 12.8 Å². The number of likely N-dealkylation sites (tertiary alicyclic amines) is 1. The summed E-state index contributed by atoms with van der Waals surface area (Å²) in [6.07, 6.45) is -2.30. The fourth-order valence-electron chi connectivity index (χ4n) is 2.82. The molecule has 1 aromatic rings. The topological polar surface area (TPSA) is 39.7 Å². The molecular formula is C16H26F3IN4S. The zero-order valence-corrected chi connectivity index (χ0v) is 17.7. The summed E-state index contributed by atoms with van der Waals surface area (Å²) >= 11 is 1.78. The van der Waals surface area contributed by atoms with Crippen LogP contribution in [-0.4, -0.2) is 50.3 Å². The van der Waals surface area contributed by atoms with E-state index in [2.05, 4.69) is 34.7 Å². The third-order valence-electron chi connectivity index (χ3n) is 4.05. The molecule has 2 heterocycles. The zero-order valence-electron chi connectivity index (χ0n) is 14.5. The highest BCUT2D eigenvalue weighted by molar-refractivity contribution is 14.0. The van der Waals surface area contributed by atoms with E-state index in [1.807, 2.05) is 0 Å². The number of nitrogens with zero attached hydrogens (tertiary/aromatic N) is 2. The van der Waals surface area contributed by atoms with E-state index in [9.17, 15) is 13.2 Å². The summed E-state index contributed by atoms with van der Waals surface area (Å²) in [4.78, 5) is 8.24. The molecular weight excluding hydrogens is 464 g/mol. The van der Waals surface area contributed by atoms with Gasteiger partial charge in [0, 0.05) is 29.9 Å². The molecule has 1 aromatic heterocycles. The quantitative estimate of drug-likeness (QED) is 0.365. The third kappa shape index (κ3) is 8.12. The van der Waals surface area contributed by atoms with Crippen LogP contribution in [0.25, 0.3) is 0 Å². The van der Waals surface area contributed by atoms with E-state index in [-0.39, 0.29) is 29.9 Å². The predicted molar refractivity (Wildman–Crippen MR) is 108 cm³/mol. The Morgan fingerprint density at radius 1 is 1.32 bits per heavy atom. The standard InChI is InChI=1S/C16H25F3N4S.HI/c1-3-13-4-5-14(24-13)9-22-15(20-2)21-8-12-6-7-23(10-12)11-16(17,18)19;/h4-5,12H,3,6-11H2,1-2H3,(H2,20,21,22);1H. The molecule has 25 heavy (non-hydrogen) atoms. The average Bonchev–Trinajstić information content (AvgIpc) is 3.15. The van der Waals surface area contributed by atoms with Crippen molar-refractivity contribution in [1.29, 1.82) is 0 Å². The molecule has 0 aliphatic carbocycles. The fraction of sp³-hybridized carbons (Fsp3) is 0.688. The number of aryl methyl sites for hydroxylation is 1. The first kappa shape index (κ1) is 22.5. The van der Waals surface area contributed by atoms with Gasteiger partial charge in [-0.2, -0.15) is 13.2 Å². The van der Waals surface area contributed by atoms with Crippen molar-refractivity contribution in [3.8, 4) is 0 Å². The van der Waals surface area contributed by atoms with Crippen molar-refractivity contribution < 1.29 is 13.2 Å². The molecule has 1 aliphatic rings. The van der Waals surface area contributed by atoms with Gasteiger partial charge in [-0.3, -0.25) is 9.89 Å². The van der Waals surface area contributed by atoms with Crippen LogP contribution in [-0.2, 0) is 13.0 Å². The molecule has 1 atom stereocenters. The van der Waals surface area contributed by atoms with E-state index in [4.69, 9.17) is 0 Å². The molecule has 1 saturated heterocycles. The zero-order chi connectivity index (χ0) is 17.6. The maximum atomic E-state index is 12.4. The minimum atomic E-state index is -4.11. The summed E-state index contributed by atoms with van der Waals surface area (Å²) in [5.41, 5.74) is 0. The first-order valence-electron chi connectivity index (χ1n) is 8.21. The second-order valence-corrected chi connectivity index (χ2v) is 7.29. The maximum Gasteiger partial charge on any atom is 0.401 e. The van der Waals surface area contributed by atoms with Crippen LogP contribution in [0.3, 0.4) is 0 Å². The summed E-state index contributed by atoms with van der Waals surface area (Å²) in [7, 11) is 1.70. The largest absolute Gasteiger partial charge is 0.401 e. The fourth-order valence-corrected chi connectivity index (χ4v) is 3.71. The van der Waals surface area contributed by atoms with Crippen LogP contribution in [0, 0.1) is 5.92 Å². The van der Waals surface area contributed by atoms with Crippen molar-refractivity contribution in [3.63, 3.8) is 0 Å². The smallest absolute Gasteiger partial charge is 0.356 e. The molecule has 2 N–H and O–H groups in total. The van der Waals surface area contributed by atoms with Crippen LogP contribution >= 0.6 is 35.3 Å². The summed E-state index contributed by atoms with van der Waals surface area (Å²) in [6.45, 7) is 3.65. The molecule has 0 aromatic carbocycles. The lowest BCUT2D eigenvalue weighted by molar-refractivity contribution is -0.143. The highest BCUT2D eigenvalue weighted by atomic mass is 127. The Balaban J connectivity index is 0.00000312. The molecule has 0 bridgehead atoms. The van der Waals surface area contributed by atoms with Crippen LogP contribution < -0.4 is 10.6 Å². The highest BCUT2D eigenvalue weighted by Gasteiger charge is 2.34.